The molecule has 1 aromatic carbocycles. The maximum absolute atomic E-state index is 12.8. The maximum atomic E-state index is 12.8. The monoisotopic (exact) mass is 274 g/mol. The van der Waals surface area contributed by atoms with Gasteiger partial charge in [0, 0.05) is 13.1 Å². The summed E-state index contributed by atoms with van der Waals surface area (Å²) in [5, 5.41) is 0. The molecule has 110 valence electrons. The number of rotatable bonds is 3. The molecule has 0 aromatic heterocycles. The molecule has 0 radical (unpaired) electrons. The molecule has 0 saturated carbocycles. The van der Waals surface area contributed by atoms with Gasteiger partial charge in [-0.05, 0) is 37.2 Å². The standard InChI is InChI=1S/C17H26N2O/c1-4-16(2)11-8-12-19(13-16)15(20)17(3,18)14-9-6-5-7-10-14/h5-7,9-10H,4,8,11-13,18H2,1-3H3. The predicted molar refractivity (Wildman–Crippen MR) is 82.2 cm³/mol. The average Bonchev–Trinajstić information content (AvgIpc) is 2.47. The number of likely N-dealkylation sites (tertiary alicyclic amines) is 1. The molecule has 2 atom stereocenters. The highest BCUT2D eigenvalue weighted by Gasteiger charge is 2.39. The zero-order valence-corrected chi connectivity index (χ0v) is 12.9. The molecule has 1 aliphatic heterocycles. The number of nitrogens with two attached hydrogens (primary N) is 1. The van der Waals surface area contributed by atoms with E-state index in [-0.39, 0.29) is 11.3 Å². The van der Waals surface area contributed by atoms with Gasteiger partial charge in [-0.25, -0.2) is 0 Å². The first-order valence-corrected chi connectivity index (χ1v) is 7.53. The van der Waals surface area contributed by atoms with Crippen molar-refractivity contribution in [3.63, 3.8) is 0 Å². The van der Waals surface area contributed by atoms with Crippen molar-refractivity contribution >= 4 is 5.91 Å². The van der Waals surface area contributed by atoms with Crippen LogP contribution in [-0.2, 0) is 10.3 Å². The first kappa shape index (κ1) is 15.0. The highest BCUT2D eigenvalue weighted by Crippen LogP contribution is 2.34. The number of hydrogen-bond acceptors (Lipinski definition) is 2. The molecule has 1 amide bonds. The quantitative estimate of drug-likeness (QED) is 0.921. The Morgan fingerprint density at radius 1 is 1.40 bits per heavy atom. The second-order valence-corrected chi connectivity index (χ2v) is 6.56. The molecule has 1 fully saturated rings. The summed E-state index contributed by atoms with van der Waals surface area (Å²) in [6.07, 6.45) is 3.37. The van der Waals surface area contributed by atoms with Gasteiger partial charge in [0.25, 0.3) is 0 Å². The summed E-state index contributed by atoms with van der Waals surface area (Å²) in [5.74, 6) is 0.0445. The van der Waals surface area contributed by atoms with E-state index in [1.807, 2.05) is 42.2 Å². The Balaban J connectivity index is 2.18. The lowest BCUT2D eigenvalue weighted by molar-refractivity contribution is -0.140. The number of carbonyl (C=O) groups is 1. The first-order chi connectivity index (χ1) is 9.39. The van der Waals surface area contributed by atoms with E-state index in [9.17, 15) is 4.79 Å². The molecule has 2 rings (SSSR count). The van der Waals surface area contributed by atoms with Crippen molar-refractivity contribution in [3.05, 3.63) is 35.9 Å². The molecule has 2 unspecified atom stereocenters. The number of amides is 1. The molecule has 1 heterocycles. The second-order valence-electron chi connectivity index (χ2n) is 6.56. The molecular weight excluding hydrogens is 248 g/mol. The van der Waals surface area contributed by atoms with Crippen LogP contribution in [0.2, 0.25) is 0 Å². The van der Waals surface area contributed by atoms with Crippen molar-refractivity contribution in [3.8, 4) is 0 Å². The van der Waals surface area contributed by atoms with Crippen LogP contribution >= 0.6 is 0 Å². The van der Waals surface area contributed by atoms with Gasteiger partial charge < -0.3 is 10.6 Å². The molecule has 1 saturated heterocycles. The Labute approximate surface area is 122 Å². The Morgan fingerprint density at radius 2 is 2.05 bits per heavy atom. The lowest BCUT2D eigenvalue weighted by Crippen LogP contribution is -2.55. The fourth-order valence-corrected chi connectivity index (χ4v) is 3.01. The van der Waals surface area contributed by atoms with Crippen LogP contribution in [0.4, 0.5) is 0 Å². The van der Waals surface area contributed by atoms with Crippen molar-refractivity contribution in [1.29, 1.82) is 0 Å². The van der Waals surface area contributed by atoms with Crippen LogP contribution in [-0.4, -0.2) is 23.9 Å². The second kappa shape index (κ2) is 5.57. The van der Waals surface area contributed by atoms with Gasteiger partial charge in [-0.2, -0.15) is 0 Å². The highest BCUT2D eigenvalue weighted by atomic mass is 16.2. The van der Waals surface area contributed by atoms with Crippen LogP contribution in [0, 0.1) is 5.41 Å². The molecule has 0 spiro atoms. The van der Waals surface area contributed by atoms with Crippen LogP contribution in [0.5, 0.6) is 0 Å². The lowest BCUT2D eigenvalue weighted by Gasteiger charge is -2.42. The summed E-state index contributed by atoms with van der Waals surface area (Å²) < 4.78 is 0. The van der Waals surface area contributed by atoms with Crippen molar-refractivity contribution in [2.75, 3.05) is 13.1 Å². The third-order valence-electron chi connectivity index (χ3n) is 4.74. The minimum Gasteiger partial charge on any atom is -0.340 e. The van der Waals surface area contributed by atoms with Crippen molar-refractivity contribution < 1.29 is 4.79 Å². The molecule has 3 heteroatoms. The molecule has 0 aliphatic carbocycles. The summed E-state index contributed by atoms with van der Waals surface area (Å²) >= 11 is 0. The van der Waals surface area contributed by atoms with Crippen LogP contribution in [0.15, 0.2) is 30.3 Å². The summed E-state index contributed by atoms with van der Waals surface area (Å²) in [5.41, 5.74) is 6.53. The minimum atomic E-state index is -0.937. The van der Waals surface area contributed by atoms with E-state index in [4.69, 9.17) is 5.73 Å². The van der Waals surface area contributed by atoms with Gasteiger partial charge >= 0.3 is 0 Å². The summed E-state index contributed by atoms with van der Waals surface area (Å²) in [6, 6.07) is 9.67. The third kappa shape index (κ3) is 2.88. The largest absolute Gasteiger partial charge is 0.340 e. The van der Waals surface area contributed by atoms with Crippen LogP contribution < -0.4 is 5.73 Å². The summed E-state index contributed by atoms with van der Waals surface area (Å²) in [4.78, 5) is 14.8. The lowest BCUT2D eigenvalue weighted by atomic mass is 9.79. The Morgan fingerprint density at radius 3 is 2.65 bits per heavy atom. The van der Waals surface area contributed by atoms with Gasteiger partial charge in [0.1, 0.15) is 5.54 Å². The van der Waals surface area contributed by atoms with Gasteiger partial charge in [-0.3, -0.25) is 4.79 Å². The highest BCUT2D eigenvalue weighted by molar-refractivity contribution is 5.87. The molecule has 2 N–H and O–H groups in total. The Kier molecular flexibility index (Phi) is 4.19. The number of piperidine rings is 1. The Hall–Kier alpha value is -1.35. The zero-order chi connectivity index (χ0) is 14.8. The molecule has 0 bridgehead atoms. The summed E-state index contributed by atoms with van der Waals surface area (Å²) in [7, 11) is 0. The van der Waals surface area contributed by atoms with E-state index in [0.29, 0.717) is 0 Å². The molecular formula is C17H26N2O. The fourth-order valence-electron chi connectivity index (χ4n) is 3.01. The van der Waals surface area contributed by atoms with Gasteiger partial charge in [0.2, 0.25) is 5.91 Å². The maximum Gasteiger partial charge on any atom is 0.246 e. The minimum absolute atomic E-state index is 0.0445. The average molecular weight is 274 g/mol. The normalized spacial score (nSPS) is 26.1. The molecule has 1 aromatic rings. The number of nitrogens with zero attached hydrogens (tertiary/aromatic N) is 1. The first-order valence-electron chi connectivity index (χ1n) is 7.53. The smallest absolute Gasteiger partial charge is 0.246 e. The van der Waals surface area contributed by atoms with E-state index in [1.54, 1.807) is 0 Å². The van der Waals surface area contributed by atoms with Gasteiger partial charge in [0.05, 0.1) is 0 Å². The van der Waals surface area contributed by atoms with Crippen LogP contribution in [0.3, 0.4) is 0 Å². The van der Waals surface area contributed by atoms with Gasteiger partial charge in [-0.15, -0.1) is 0 Å². The van der Waals surface area contributed by atoms with Gasteiger partial charge in [-0.1, -0.05) is 44.2 Å². The van der Waals surface area contributed by atoms with Crippen LogP contribution in [0.1, 0.15) is 45.6 Å². The van der Waals surface area contributed by atoms with E-state index in [1.165, 1.54) is 6.42 Å². The van der Waals surface area contributed by atoms with E-state index in [2.05, 4.69) is 13.8 Å². The molecule has 20 heavy (non-hydrogen) atoms. The number of hydrogen-bond donors (Lipinski definition) is 1. The molecule has 3 nitrogen and oxygen atoms in total. The van der Waals surface area contributed by atoms with Gasteiger partial charge in [0.15, 0.2) is 0 Å². The fraction of sp³-hybridized carbons (Fsp3) is 0.588. The van der Waals surface area contributed by atoms with E-state index < -0.39 is 5.54 Å². The topological polar surface area (TPSA) is 46.3 Å². The number of carbonyl (C=O) groups excluding carboxylic acids is 1. The van der Waals surface area contributed by atoms with Crippen molar-refractivity contribution in [1.82, 2.24) is 4.90 Å². The van der Waals surface area contributed by atoms with Crippen molar-refractivity contribution in [2.24, 2.45) is 11.1 Å². The third-order valence-corrected chi connectivity index (χ3v) is 4.74. The zero-order valence-electron chi connectivity index (χ0n) is 12.9. The Bertz CT molecular complexity index is 469. The summed E-state index contributed by atoms with van der Waals surface area (Å²) in [6.45, 7) is 7.94. The van der Waals surface area contributed by atoms with E-state index >= 15 is 0 Å². The van der Waals surface area contributed by atoms with Crippen molar-refractivity contribution in [2.45, 2.75) is 45.6 Å². The predicted octanol–water partition coefficient (Wildman–Crippen LogP) is 2.90. The SMILES string of the molecule is CCC1(C)CCCN(C(=O)C(C)(N)c2ccccc2)C1. The van der Waals surface area contributed by atoms with Crippen LogP contribution in [0.25, 0.3) is 0 Å². The number of benzene rings is 1. The van der Waals surface area contributed by atoms with E-state index in [0.717, 1.165) is 31.5 Å². The molecule has 1 aliphatic rings.